The zero-order chi connectivity index (χ0) is 17.0. The van der Waals surface area contributed by atoms with Gasteiger partial charge < -0.3 is 15.5 Å². The second kappa shape index (κ2) is 7.18. The number of anilines is 1. The summed E-state index contributed by atoms with van der Waals surface area (Å²) in [7, 11) is 3.93. The molecule has 1 aliphatic heterocycles. The summed E-state index contributed by atoms with van der Waals surface area (Å²) in [6.45, 7) is 6.71. The molecule has 23 heavy (non-hydrogen) atoms. The molecular weight excluding hydrogens is 286 g/mol. The summed E-state index contributed by atoms with van der Waals surface area (Å²) in [6, 6.07) is 6.99. The number of carbonyl (C=O) groups is 1. The SMILES string of the molecule is CC1CC(C)(Nc2ccc(/C=C\N(C)C)c(C=O)c2)CC(C)N1. The molecule has 0 spiro atoms. The van der Waals surface area contributed by atoms with Crippen LogP contribution in [0.5, 0.6) is 0 Å². The van der Waals surface area contributed by atoms with E-state index in [4.69, 9.17) is 0 Å². The van der Waals surface area contributed by atoms with E-state index in [1.807, 2.05) is 43.4 Å². The fourth-order valence-electron chi connectivity index (χ4n) is 3.62. The molecule has 0 aliphatic carbocycles. The molecule has 1 heterocycles. The fraction of sp³-hybridized carbons (Fsp3) is 0.526. The van der Waals surface area contributed by atoms with Gasteiger partial charge in [-0.1, -0.05) is 6.07 Å². The lowest BCUT2D eigenvalue weighted by Gasteiger charge is -2.42. The molecule has 0 radical (unpaired) electrons. The maximum atomic E-state index is 11.4. The van der Waals surface area contributed by atoms with Gasteiger partial charge in [-0.3, -0.25) is 4.79 Å². The van der Waals surface area contributed by atoms with Gasteiger partial charge in [0.05, 0.1) is 0 Å². The predicted octanol–water partition coefficient (Wildman–Crippen LogP) is 3.36. The molecule has 1 aromatic rings. The molecule has 126 valence electrons. The maximum absolute atomic E-state index is 11.4. The van der Waals surface area contributed by atoms with Gasteiger partial charge in [0.25, 0.3) is 0 Å². The lowest BCUT2D eigenvalue weighted by atomic mass is 9.82. The van der Waals surface area contributed by atoms with Crippen LogP contribution < -0.4 is 10.6 Å². The highest BCUT2D eigenvalue weighted by Gasteiger charge is 2.33. The Bertz CT molecular complexity index is 570. The Kier molecular flexibility index (Phi) is 5.47. The third-order valence-electron chi connectivity index (χ3n) is 4.29. The van der Waals surface area contributed by atoms with Crippen LogP contribution in [0.4, 0.5) is 5.69 Å². The van der Waals surface area contributed by atoms with E-state index in [1.54, 1.807) is 0 Å². The van der Waals surface area contributed by atoms with Gasteiger partial charge in [-0.2, -0.15) is 0 Å². The summed E-state index contributed by atoms with van der Waals surface area (Å²) in [6.07, 6.45) is 6.97. The van der Waals surface area contributed by atoms with E-state index < -0.39 is 0 Å². The molecule has 0 aromatic heterocycles. The molecule has 0 saturated carbocycles. The van der Waals surface area contributed by atoms with Crippen molar-refractivity contribution in [2.75, 3.05) is 19.4 Å². The van der Waals surface area contributed by atoms with Crippen molar-refractivity contribution < 1.29 is 4.79 Å². The highest BCUT2D eigenvalue weighted by atomic mass is 16.1. The molecule has 1 aromatic carbocycles. The Hall–Kier alpha value is -1.81. The number of carbonyl (C=O) groups excluding carboxylic acids is 1. The average Bonchev–Trinajstić information content (AvgIpc) is 2.43. The largest absolute Gasteiger partial charge is 0.383 e. The first kappa shape index (κ1) is 17.5. The Morgan fingerprint density at radius 1 is 1.22 bits per heavy atom. The van der Waals surface area contributed by atoms with Crippen molar-refractivity contribution in [3.63, 3.8) is 0 Å². The summed E-state index contributed by atoms with van der Waals surface area (Å²) in [4.78, 5) is 13.4. The number of nitrogens with one attached hydrogen (secondary N) is 2. The van der Waals surface area contributed by atoms with Gasteiger partial charge in [-0.15, -0.1) is 0 Å². The van der Waals surface area contributed by atoms with Crippen LogP contribution in [0, 0.1) is 0 Å². The first-order valence-electron chi connectivity index (χ1n) is 8.29. The number of piperidine rings is 1. The summed E-state index contributed by atoms with van der Waals surface area (Å²) < 4.78 is 0. The minimum atomic E-state index is 0.0469. The number of nitrogens with zero attached hydrogens (tertiary/aromatic N) is 1. The minimum absolute atomic E-state index is 0.0469. The van der Waals surface area contributed by atoms with E-state index >= 15 is 0 Å². The molecule has 0 amide bonds. The van der Waals surface area contributed by atoms with Crippen molar-refractivity contribution in [1.82, 2.24) is 10.2 Å². The summed E-state index contributed by atoms with van der Waals surface area (Å²) in [5, 5.41) is 7.22. The number of rotatable bonds is 5. The molecule has 1 aliphatic rings. The van der Waals surface area contributed by atoms with Crippen molar-refractivity contribution in [2.24, 2.45) is 0 Å². The van der Waals surface area contributed by atoms with Crippen molar-refractivity contribution in [1.29, 1.82) is 0 Å². The van der Waals surface area contributed by atoms with Gasteiger partial charge in [-0.05, 0) is 63.6 Å². The maximum Gasteiger partial charge on any atom is 0.150 e. The van der Waals surface area contributed by atoms with E-state index in [9.17, 15) is 4.79 Å². The van der Waals surface area contributed by atoms with Crippen LogP contribution in [-0.4, -0.2) is 42.9 Å². The monoisotopic (exact) mass is 315 g/mol. The molecule has 1 fully saturated rings. The number of benzene rings is 1. The lowest BCUT2D eigenvalue weighted by Crippen LogP contribution is -2.53. The summed E-state index contributed by atoms with van der Waals surface area (Å²) in [5.41, 5.74) is 2.71. The van der Waals surface area contributed by atoms with Gasteiger partial charge in [0, 0.05) is 43.0 Å². The standard InChI is InChI=1S/C19H29N3O/c1-14-11-19(3,12-15(2)20-14)21-18-7-6-16(8-9-22(4)5)17(10-18)13-23/h6-10,13-15,20-21H,11-12H2,1-5H3/b9-8-. The number of aldehydes is 1. The molecular formula is C19H29N3O. The van der Waals surface area contributed by atoms with Crippen LogP contribution in [0.2, 0.25) is 0 Å². The second-order valence-corrected chi connectivity index (χ2v) is 7.30. The Labute approximate surface area is 140 Å². The highest BCUT2D eigenvalue weighted by Crippen LogP contribution is 2.29. The van der Waals surface area contributed by atoms with Crippen LogP contribution in [-0.2, 0) is 0 Å². The molecule has 2 atom stereocenters. The molecule has 2 rings (SSSR count). The van der Waals surface area contributed by atoms with Crippen molar-refractivity contribution >= 4 is 18.0 Å². The second-order valence-electron chi connectivity index (χ2n) is 7.30. The Morgan fingerprint density at radius 2 is 1.87 bits per heavy atom. The number of hydrogen-bond acceptors (Lipinski definition) is 4. The molecule has 2 N–H and O–H groups in total. The quantitative estimate of drug-likeness (QED) is 0.818. The van der Waals surface area contributed by atoms with Crippen LogP contribution in [0.15, 0.2) is 24.4 Å². The first-order valence-corrected chi connectivity index (χ1v) is 8.29. The Morgan fingerprint density at radius 3 is 2.43 bits per heavy atom. The van der Waals surface area contributed by atoms with E-state index in [0.29, 0.717) is 17.6 Å². The van der Waals surface area contributed by atoms with Crippen LogP contribution in [0.25, 0.3) is 6.08 Å². The van der Waals surface area contributed by atoms with E-state index in [2.05, 4.69) is 37.5 Å². The molecule has 4 heteroatoms. The van der Waals surface area contributed by atoms with Gasteiger partial charge >= 0.3 is 0 Å². The predicted molar refractivity (Wildman–Crippen MR) is 97.9 cm³/mol. The topological polar surface area (TPSA) is 44.4 Å². The Balaban J connectivity index is 2.19. The zero-order valence-electron chi connectivity index (χ0n) is 14.9. The van der Waals surface area contributed by atoms with Crippen LogP contribution in [0.3, 0.4) is 0 Å². The van der Waals surface area contributed by atoms with E-state index in [1.165, 1.54) is 0 Å². The lowest BCUT2D eigenvalue weighted by molar-refractivity contribution is 0.112. The number of hydrogen-bond donors (Lipinski definition) is 2. The summed E-state index contributed by atoms with van der Waals surface area (Å²) in [5.74, 6) is 0. The van der Waals surface area contributed by atoms with Crippen molar-refractivity contribution in [2.45, 2.75) is 51.2 Å². The van der Waals surface area contributed by atoms with Crippen molar-refractivity contribution in [3.8, 4) is 0 Å². The first-order chi connectivity index (χ1) is 10.8. The van der Waals surface area contributed by atoms with Gasteiger partial charge in [0.2, 0.25) is 0 Å². The third kappa shape index (κ3) is 4.83. The fourth-order valence-corrected chi connectivity index (χ4v) is 3.62. The molecule has 0 bridgehead atoms. The van der Waals surface area contributed by atoms with Gasteiger partial charge in [0.1, 0.15) is 0 Å². The van der Waals surface area contributed by atoms with E-state index in [0.717, 1.165) is 30.4 Å². The molecule has 4 nitrogen and oxygen atoms in total. The zero-order valence-corrected chi connectivity index (χ0v) is 14.9. The smallest absolute Gasteiger partial charge is 0.150 e. The van der Waals surface area contributed by atoms with Crippen LogP contribution >= 0.6 is 0 Å². The van der Waals surface area contributed by atoms with Crippen LogP contribution in [0.1, 0.15) is 49.5 Å². The van der Waals surface area contributed by atoms with Crippen molar-refractivity contribution in [3.05, 3.63) is 35.5 Å². The third-order valence-corrected chi connectivity index (χ3v) is 4.29. The highest BCUT2D eigenvalue weighted by molar-refractivity contribution is 5.83. The summed E-state index contributed by atoms with van der Waals surface area (Å²) >= 11 is 0. The van der Waals surface area contributed by atoms with Gasteiger partial charge in [-0.25, -0.2) is 0 Å². The van der Waals surface area contributed by atoms with Gasteiger partial charge in [0.15, 0.2) is 6.29 Å². The molecule has 1 saturated heterocycles. The molecule has 2 unspecified atom stereocenters. The minimum Gasteiger partial charge on any atom is -0.383 e. The normalized spacial score (nSPS) is 27.9. The average molecular weight is 315 g/mol. The van der Waals surface area contributed by atoms with E-state index in [-0.39, 0.29) is 5.54 Å².